The van der Waals surface area contributed by atoms with Gasteiger partial charge in [0.05, 0.1) is 7.11 Å². The molecule has 0 atom stereocenters. The van der Waals surface area contributed by atoms with Gasteiger partial charge in [0.25, 0.3) is 0 Å². The highest BCUT2D eigenvalue weighted by Gasteiger charge is 2.41. The number of anilines is 1. The molecule has 1 aromatic heterocycles. The molecule has 4 heteroatoms. The van der Waals surface area contributed by atoms with Gasteiger partial charge in [0.15, 0.2) is 0 Å². The van der Waals surface area contributed by atoms with Crippen LogP contribution in [-0.4, -0.2) is 23.1 Å². The Morgan fingerprint density at radius 2 is 1.88 bits per heavy atom. The smallest absolute Gasteiger partial charge is 0.226 e. The van der Waals surface area contributed by atoms with E-state index in [1.54, 1.807) is 7.11 Å². The summed E-state index contributed by atoms with van der Waals surface area (Å²) in [6, 6.07) is 2.44. The van der Waals surface area contributed by atoms with Crippen LogP contribution >= 0.6 is 0 Å². The Bertz CT molecular complexity index is 401. The molecule has 0 spiro atoms. The number of rotatable bonds is 5. The monoisotopic (exact) mass is 233 g/mol. The zero-order valence-electron chi connectivity index (χ0n) is 10.4. The van der Waals surface area contributed by atoms with E-state index >= 15 is 0 Å². The number of nitrogens with one attached hydrogen (secondary N) is 1. The minimum absolute atomic E-state index is 0.585. The maximum atomic E-state index is 5.18. The Morgan fingerprint density at radius 1 is 1.24 bits per heavy atom. The first-order chi connectivity index (χ1) is 8.26. The lowest BCUT2D eigenvalue weighted by Gasteiger charge is -2.18. The van der Waals surface area contributed by atoms with Gasteiger partial charge in [0.1, 0.15) is 0 Å². The number of aromatic nitrogens is 2. The Morgan fingerprint density at radius 3 is 2.41 bits per heavy atom. The van der Waals surface area contributed by atoms with E-state index in [0.29, 0.717) is 11.9 Å². The van der Waals surface area contributed by atoms with Gasteiger partial charge >= 0.3 is 0 Å². The number of ether oxygens (including phenoxy) is 1. The van der Waals surface area contributed by atoms with Crippen molar-refractivity contribution >= 4 is 5.95 Å². The molecule has 2 aliphatic rings. The van der Waals surface area contributed by atoms with Gasteiger partial charge in [0.2, 0.25) is 11.8 Å². The van der Waals surface area contributed by atoms with Gasteiger partial charge in [0, 0.05) is 17.8 Å². The van der Waals surface area contributed by atoms with Crippen molar-refractivity contribution in [3.63, 3.8) is 0 Å². The number of hydrogen-bond donors (Lipinski definition) is 1. The Hall–Kier alpha value is -1.32. The maximum absolute atomic E-state index is 5.18. The van der Waals surface area contributed by atoms with Crippen molar-refractivity contribution in [1.29, 1.82) is 0 Å². The fraction of sp³-hybridized carbons (Fsp3) is 0.692. The van der Waals surface area contributed by atoms with Gasteiger partial charge in [-0.05, 0) is 44.4 Å². The van der Waals surface area contributed by atoms with E-state index in [0.717, 1.165) is 23.5 Å². The zero-order valence-corrected chi connectivity index (χ0v) is 10.4. The van der Waals surface area contributed by atoms with Crippen LogP contribution in [0.2, 0.25) is 0 Å². The van der Waals surface area contributed by atoms with Gasteiger partial charge in [-0.15, -0.1) is 0 Å². The summed E-state index contributed by atoms with van der Waals surface area (Å²) in [6.07, 6.45) is 5.43. The third kappa shape index (κ3) is 2.51. The van der Waals surface area contributed by atoms with E-state index in [1.165, 1.54) is 25.7 Å². The Balaban J connectivity index is 1.76. The molecule has 0 bridgehead atoms. The minimum atomic E-state index is 0.585. The van der Waals surface area contributed by atoms with Crippen LogP contribution in [0.3, 0.4) is 0 Å². The molecule has 0 unspecified atom stereocenters. The first-order valence-corrected chi connectivity index (χ1v) is 6.42. The third-order valence-electron chi connectivity index (χ3n) is 3.60. The van der Waals surface area contributed by atoms with Crippen molar-refractivity contribution < 1.29 is 4.74 Å². The molecule has 2 aliphatic carbocycles. The summed E-state index contributed by atoms with van der Waals surface area (Å²) in [5.74, 6) is 3.06. The summed E-state index contributed by atoms with van der Waals surface area (Å²) < 4.78 is 5.18. The van der Waals surface area contributed by atoms with E-state index < -0.39 is 0 Å². The average molecular weight is 233 g/mol. The fourth-order valence-electron chi connectivity index (χ4n) is 2.39. The van der Waals surface area contributed by atoms with Crippen LogP contribution in [0.25, 0.3) is 0 Å². The summed E-state index contributed by atoms with van der Waals surface area (Å²) in [5.41, 5.74) is 0.949. The molecule has 0 saturated heterocycles. The van der Waals surface area contributed by atoms with E-state index in [-0.39, 0.29) is 0 Å². The molecule has 1 aromatic rings. The lowest BCUT2D eigenvalue weighted by molar-refractivity contribution is 0.396. The largest absolute Gasteiger partial charge is 0.481 e. The predicted molar refractivity (Wildman–Crippen MR) is 66.2 cm³/mol. The van der Waals surface area contributed by atoms with Crippen LogP contribution in [-0.2, 0) is 0 Å². The SMILES string of the molecule is COc1cc(C)nc(NC(C2CC2)C2CC2)n1. The molecule has 0 amide bonds. The van der Waals surface area contributed by atoms with Crippen LogP contribution in [0.1, 0.15) is 31.4 Å². The summed E-state index contributed by atoms with van der Waals surface area (Å²) in [7, 11) is 1.64. The lowest BCUT2D eigenvalue weighted by Crippen LogP contribution is -2.25. The normalized spacial score (nSPS) is 19.5. The molecule has 0 radical (unpaired) electrons. The highest BCUT2D eigenvalue weighted by molar-refractivity contribution is 5.33. The van der Waals surface area contributed by atoms with E-state index in [9.17, 15) is 0 Å². The second-order valence-electron chi connectivity index (χ2n) is 5.22. The Labute approximate surface area is 102 Å². The average Bonchev–Trinajstić information content (AvgIpc) is 3.16. The molecule has 3 rings (SSSR count). The molecule has 0 aliphatic heterocycles. The molecule has 1 heterocycles. The molecular formula is C13H19N3O. The number of aryl methyl sites for hydroxylation is 1. The van der Waals surface area contributed by atoms with E-state index in [4.69, 9.17) is 4.74 Å². The van der Waals surface area contributed by atoms with Crippen molar-refractivity contribution in [3.05, 3.63) is 11.8 Å². The van der Waals surface area contributed by atoms with Crippen LogP contribution in [0.5, 0.6) is 5.88 Å². The summed E-state index contributed by atoms with van der Waals surface area (Å²) in [6.45, 7) is 1.97. The van der Waals surface area contributed by atoms with Crippen LogP contribution < -0.4 is 10.1 Å². The van der Waals surface area contributed by atoms with Crippen molar-refractivity contribution in [2.75, 3.05) is 12.4 Å². The van der Waals surface area contributed by atoms with Gasteiger partial charge in [-0.25, -0.2) is 4.98 Å². The first-order valence-electron chi connectivity index (χ1n) is 6.42. The fourth-order valence-corrected chi connectivity index (χ4v) is 2.39. The van der Waals surface area contributed by atoms with Crippen LogP contribution in [0.15, 0.2) is 6.07 Å². The van der Waals surface area contributed by atoms with Crippen LogP contribution in [0, 0.1) is 18.8 Å². The zero-order chi connectivity index (χ0) is 11.8. The van der Waals surface area contributed by atoms with Crippen molar-refractivity contribution in [2.24, 2.45) is 11.8 Å². The van der Waals surface area contributed by atoms with Crippen molar-refractivity contribution in [1.82, 2.24) is 9.97 Å². The van der Waals surface area contributed by atoms with Crippen LogP contribution in [0.4, 0.5) is 5.95 Å². The minimum Gasteiger partial charge on any atom is -0.481 e. The summed E-state index contributed by atoms with van der Waals surface area (Å²) in [4.78, 5) is 8.81. The lowest BCUT2D eigenvalue weighted by atomic mass is 10.1. The number of nitrogens with zero attached hydrogens (tertiary/aromatic N) is 2. The molecule has 92 valence electrons. The van der Waals surface area contributed by atoms with Gasteiger partial charge < -0.3 is 10.1 Å². The molecule has 4 nitrogen and oxygen atoms in total. The van der Waals surface area contributed by atoms with E-state index in [1.807, 2.05) is 13.0 Å². The molecule has 2 fully saturated rings. The van der Waals surface area contributed by atoms with Gasteiger partial charge in [-0.3, -0.25) is 0 Å². The molecule has 17 heavy (non-hydrogen) atoms. The second kappa shape index (κ2) is 4.17. The third-order valence-corrected chi connectivity index (χ3v) is 3.60. The second-order valence-corrected chi connectivity index (χ2v) is 5.22. The summed E-state index contributed by atoms with van der Waals surface area (Å²) >= 11 is 0. The van der Waals surface area contributed by atoms with Gasteiger partial charge in [-0.1, -0.05) is 0 Å². The topological polar surface area (TPSA) is 47.0 Å². The maximum Gasteiger partial charge on any atom is 0.226 e. The highest BCUT2D eigenvalue weighted by Crippen LogP contribution is 2.45. The molecular weight excluding hydrogens is 214 g/mol. The highest BCUT2D eigenvalue weighted by atomic mass is 16.5. The quantitative estimate of drug-likeness (QED) is 0.848. The Kier molecular flexibility index (Phi) is 2.65. The standard InChI is InChI=1S/C13H19N3O/c1-8-7-11(17-2)15-13(14-8)16-12(9-3-4-9)10-5-6-10/h7,9-10,12H,3-6H2,1-2H3,(H,14,15,16). The van der Waals surface area contributed by atoms with E-state index in [2.05, 4.69) is 15.3 Å². The number of hydrogen-bond acceptors (Lipinski definition) is 4. The predicted octanol–water partition coefficient (Wildman–Crippen LogP) is 2.39. The molecule has 0 aromatic carbocycles. The van der Waals surface area contributed by atoms with Gasteiger partial charge in [-0.2, -0.15) is 4.98 Å². The molecule has 2 saturated carbocycles. The van der Waals surface area contributed by atoms with Crippen molar-refractivity contribution in [2.45, 2.75) is 38.6 Å². The molecule has 1 N–H and O–H groups in total. The number of methoxy groups -OCH3 is 1. The van der Waals surface area contributed by atoms with Crippen molar-refractivity contribution in [3.8, 4) is 5.88 Å². The first kappa shape index (κ1) is 10.8. The summed E-state index contributed by atoms with van der Waals surface area (Å²) in [5, 5.41) is 3.52.